The van der Waals surface area contributed by atoms with E-state index in [0.29, 0.717) is 17.6 Å². The number of nitrogens with one attached hydrogen (secondary N) is 2. The second-order valence-corrected chi connectivity index (χ2v) is 4.46. The van der Waals surface area contributed by atoms with Gasteiger partial charge in [-0.3, -0.25) is 5.32 Å². The largest absolute Gasteiger partial charge is 0.399 e. The van der Waals surface area contributed by atoms with E-state index in [0.717, 1.165) is 22.4 Å². The molecule has 0 atom stereocenters. The molecule has 2 heterocycles. The number of hydrogen-bond donors (Lipinski definition) is 3. The summed E-state index contributed by atoms with van der Waals surface area (Å²) in [5, 5.41) is 3.06. The summed E-state index contributed by atoms with van der Waals surface area (Å²) < 4.78 is 0. The second kappa shape index (κ2) is 4.24. The molecule has 1 aromatic carbocycles. The summed E-state index contributed by atoms with van der Waals surface area (Å²) in [6.45, 7) is 3.86. The van der Waals surface area contributed by atoms with Crippen LogP contribution in [0.4, 0.5) is 17.6 Å². The van der Waals surface area contributed by atoms with E-state index in [-0.39, 0.29) is 0 Å². The molecule has 0 aliphatic rings. The van der Waals surface area contributed by atoms with Gasteiger partial charge in [0.05, 0.1) is 11.0 Å². The molecule has 0 aliphatic carbocycles. The maximum Gasteiger partial charge on any atom is 0.229 e. The van der Waals surface area contributed by atoms with Crippen molar-refractivity contribution in [3.05, 3.63) is 35.7 Å². The van der Waals surface area contributed by atoms with Gasteiger partial charge in [0.15, 0.2) is 0 Å². The first-order chi connectivity index (χ1) is 9.10. The van der Waals surface area contributed by atoms with Crippen LogP contribution in [0.1, 0.15) is 11.4 Å². The Balaban J connectivity index is 1.96. The van der Waals surface area contributed by atoms with E-state index in [4.69, 9.17) is 5.73 Å². The van der Waals surface area contributed by atoms with Gasteiger partial charge in [0.2, 0.25) is 11.9 Å². The summed E-state index contributed by atoms with van der Waals surface area (Å²) in [7, 11) is 0. The third kappa shape index (κ3) is 2.33. The van der Waals surface area contributed by atoms with Crippen LogP contribution < -0.4 is 11.1 Å². The van der Waals surface area contributed by atoms with E-state index in [1.54, 1.807) is 0 Å². The summed E-state index contributed by atoms with van der Waals surface area (Å²) in [5.41, 5.74) is 9.99. The van der Waals surface area contributed by atoms with Crippen molar-refractivity contribution in [1.82, 2.24) is 19.9 Å². The fraction of sp³-hybridized carbons (Fsp3) is 0.154. The number of nitrogens with zero attached hydrogens (tertiary/aromatic N) is 3. The number of nitrogen functional groups attached to an aromatic ring is 1. The lowest BCUT2D eigenvalue weighted by atomic mass is 10.3. The van der Waals surface area contributed by atoms with Crippen LogP contribution in [-0.2, 0) is 0 Å². The molecule has 4 N–H and O–H groups in total. The van der Waals surface area contributed by atoms with Crippen molar-refractivity contribution in [2.45, 2.75) is 13.8 Å². The molecule has 6 heteroatoms. The van der Waals surface area contributed by atoms with E-state index in [1.165, 1.54) is 0 Å². The smallest absolute Gasteiger partial charge is 0.229 e. The molecule has 6 nitrogen and oxygen atoms in total. The van der Waals surface area contributed by atoms with E-state index in [1.807, 2.05) is 38.1 Å². The fourth-order valence-corrected chi connectivity index (χ4v) is 1.97. The van der Waals surface area contributed by atoms with Crippen LogP contribution in [0, 0.1) is 13.8 Å². The van der Waals surface area contributed by atoms with Gasteiger partial charge in [-0.05, 0) is 38.1 Å². The summed E-state index contributed by atoms with van der Waals surface area (Å²) in [5.74, 6) is 1.13. The average Bonchev–Trinajstić information content (AvgIpc) is 2.68. The van der Waals surface area contributed by atoms with Gasteiger partial charge in [0.1, 0.15) is 0 Å². The van der Waals surface area contributed by atoms with Crippen LogP contribution in [0.2, 0.25) is 0 Å². The van der Waals surface area contributed by atoms with Crippen molar-refractivity contribution in [2.24, 2.45) is 0 Å². The SMILES string of the molecule is Cc1cc(C)nc(Nc2nc3ccc(N)cc3[nH]2)n1. The van der Waals surface area contributed by atoms with Gasteiger partial charge >= 0.3 is 0 Å². The van der Waals surface area contributed by atoms with Gasteiger partial charge in [0, 0.05) is 17.1 Å². The predicted molar refractivity (Wildman–Crippen MR) is 75.3 cm³/mol. The quantitative estimate of drug-likeness (QED) is 0.610. The number of imidazole rings is 1. The number of nitrogens with two attached hydrogens (primary N) is 1. The normalized spacial score (nSPS) is 10.8. The maximum atomic E-state index is 5.73. The molecule has 0 saturated carbocycles. The summed E-state index contributed by atoms with van der Waals surface area (Å²) in [4.78, 5) is 16.2. The van der Waals surface area contributed by atoms with Gasteiger partial charge in [-0.25, -0.2) is 15.0 Å². The standard InChI is InChI=1S/C13H14N6/c1-7-5-8(2)16-12(15-7)19-13-17-10-4-3-9(14)6-11(10)18-13/h3-6H,14H2,1-2H3,(H2,15,16,17,18,19). The molecule has 0 fully saturated rings. The van der Waals surface area contributed by atoms with Crippen LogP contribution in [0.3, 0.4) is 0 Å². The zero-order valence-electron chi connectivity index (χ0n) is 10.7. The lowest BCUT2D eigenvalue weighted by Gasteiger charge is -2.03. The Morgan fingerprint density at radius 3 is 2.53 bits per heavy atom. The average molecular weight is 254 g/mol. The molecule has 3 aromatic rings. The summed E-state index contributed by atoms with van der Waals surface area (Å²) in [6.07, 6.45) is 0. The van der Waals surface area contributed by atoms with E-state index < -0.39 is 0 Å². The van der Waals surface area contributed by atoms with Gasteiger partial charge in [-0.1, -0.05) is 0 Å². The van der Waals surface area contributed by atoms with Crippen LogP contribution in [0.15, 0.2) is 24.3 Å². The van der Waals surface area contributed by atoms with Crippen LogP contribution in [0.5, 0.6) is 0 Å². The number of anilines is 3. The minimum atomic E-state index is 0.532. The zero-order valence-corrected chi connectivity index (χ0v) is 10.7. The Morgan fingerprint density at radius 1 is 1.05 bits per heavy atom. The predicted octanol–water partition coefficient (Wildman–Crippen LogP) is 2.30. The van der Waals surface area contributed by atoms with Gasteiger partial charge in [0.25, 0.3) is 0 Å². The van der Waals surface area contributed by atoms with Crippen LogP contribution in [0.25, 0.3) is 11.0 Å². The highest BCUT2D eigenvalue weighted by molar-refractivity contribution is 5.81. The molecule has 19 heavy (non-hydrogen) atoms. The van der Waals surface area contributed by atoms with Gasteiger partial charge in [-0.15, -0.1) is 0 Å². The monoisotopic (exact) mass is 254 g/mol. The number of aromatic amines is 1. The Morgan fingerprint density at radius 2 is 1.79 bits per heavy atom. The molecule has 0 saturated heterocycles. The third-order valence-corrected chi connectivity index (χ3v) is 2.72. The number of rotatable bonds is 2. The Hall–Kier alpha value is -2.63. The molecule has 0 radical (unpaired) electrons. The topological polar surface area (TPSA) is 92.5 Å². The molecule has 2 aromatic heterocycles. The number of benzene rings is 1. The van der Waals surface area contributed by atoms with Crippen molar-refractivity contribution in [2.75, 3.05) is 11.1 Å². The van der Waals surface area contributed by atoms with Gasteiger partial charge in [-0.2, -0.15) is 0 Å². The van der Waals surface area contributed by atoms with Crippen molar-refractivity contribution < 1.29 is 0 Å². The first kappa shape index (κ1) is 11.5. The first-order valence-corrected chi connectivity index (χ1v) is 5.95. The van der Waals surface area contributed by atoms with E-state index in [9.17, 15) is 0 Å². The number of hydrogen-bond acceptors (Lipinski definition) is 5. The second-order valence-electron chi connectivity index (χ2n) is 4.46. The van der Waals surface area contributed by atoms with Crippen molar-refractivity contribution in [3.8, 4) is 0 Å². The van der Waals surface area contributed by atoms with Crippen molar-refractivity contribution in [3.63, 3.8) is 0 Å². The molecule has 0 bridgehead atoms. The molecule has 0 amide bonds. The Bertz CT molecular complexity index is 726. The van der Waals surface area contributed by atoms with Crippen molar-refractivity contribution >= 4 is 28.6 Å². The number of aromatic nitrogens is 4. The molecule has 96 valence electrons. The van der Waals surface area contributed by atoms with E-state index in [2.05, 4.69) is 25.3 Å². The molecular weight excluding hydrogens is 240 g/mol. The highest BCUT2D eigenvalue weighted by Gasteiger charge is 2.05. The van der Waals surface area contributed by atoms with E-state index >= 15 is 0 Å². The number of aryl methyl sites for hydroxylation is 2. The number of fused-ring (bicyclic) bond motifs is 1. The van der Waals surface area contributed by atoms with Crippen molar-refractivity contribution in [1.29, 1.82) is 0 Å². The first-order valence-electron chi connectivity index (χ1n) is 5.95. The molecule has 3 rings (SSSR count). The Labute approximate surface area is 110 Å². The molecule has 0 spiro atoms. The minimum absolute atomic E-state index is 0.532. The fourth-order valence-electron chi connectivity index (χ4n) is 1.97. The highest BCUT2D eigenvalue weighted by Crippen LogP contribution is 2.18. The zero-order chi connectivity index (χ0) is 13.4. The molecule has 0 aliphatic heterocycles. The lowest BCUT2D eigenvalue weighted by molar-refractivity contribution is 1.05. The lowest BCUT2D eigenvalue weighted by Crippen LogP contribution is -2.00. The third-order valence-electron chi connectivity index (χ3n) is 2.72. The minimum Gasteiger partial charge on any atom is -0.399 e. The molecular formula is C13H14N6. The van der Waals surface area contributed by atoms with Gasteiger partial charge < -0.3 is 10.7 Å². The molecule has 0 unspecified atom stereocenters. The van der Waals surface area contributed by atoms with Crippen LogP contribution >= 0.6 is 0 Å². The summed E-state index contributed by atoms with van der Waals surface area (Å²) in [6, 6.07) is 7.45. The number of H-pyrrole nitrogens is 1. The Kier molecular flexibility index (Phi) is 2.56. The van der Waals surface area contributed by atoms with Crippen LogP contribution in [-0.4, -0.2) is 19.9 Å². The maximum absolute atomic E-state index is 5.73. The summed E-state index contributed by atoms with van der Waals surface area (Å²) >= 11 is 0. The highest BCUT2D eigenvalue weighted by atomic mass is 15.2.